The van der Waals surface area contributed by atoms with E-state index in [1.54, 1.807) is 13.0 Å². The van der Waals surface area contributed by atoms with Crippen molar-refractivity contribution in [1.82, 2.24) is 0 Å². The minimum Gasteiger partial charge on any atom is -0.468 e. The minimum atomic E-state index is -1.55. The highest BCUT2D eigenvalue weighted by Crippen LogP contribution is 2.36. The van der Waals surface area contributed by atoms with Gasteiger partial charge in [0, 0.05) is 11.5 Å². The van der Waals surface area contributed by atoms with Crippen molar-refractivity contribution in [3.05, 3.63) is 23.5 Å². The SMILES string of the molecule is C/C=C1/C(O[C@@H]2O[C@H](CO)[C@H](O)[C@H](O)[C@@H]2O)OC=C(C(=O)OC)C1CCC. The van der Waals surface area contributed by atoms with E-state index in [0.29, 0.717) is 17.6 Å². The summed E-state index contributed by atoms with van der Waals surface area (Å²) in [7, 11) is 1.29. The van der Waals surface area contributed by atoms with Crippen LogP contribution in [0.25, 0.3) is 0 Å². The molecule has 0 bridgehead atoms. The fourth-order valence-electron chi connectivity index (χ4n) is 3.31. The fourth-order valence-corrected chi connectivity index (χ4v) is 3.31. The Bertz CT molecular complexity index is 571. The average molecular weight is 388 g/mol. The molecule has 7 atom stereocenters. The van der Waals surface area contributed by atoms with Gasteiger partial charge in [-0.1, -0.05) is 19.4 Å². The third kappa shape index (κ3) is 4.50. The number of carbonyl (C=O) groups excluding carboxylic acids is 1. The quantitative estimate of drug-likeness (QED) is 0.353. The van der Waals surface area contributed by atoms with Crippen LogP contribution in [0, 0.1) is 5.92 Å². The zero-order valence-electron chi connectivity index (χ0n) is 15.6. The monoisotopic (exact) mass is 388 g/mol. The molecule has 2 heterocycles. The number of esters is 1. The molecule has 0 radical (unpaired) electrons. The Morgan fingerprint density at radius 1 is 1.26 bits per heavy atom. The van der Waals surface area contributed by atoms with Crippen LogP contribution in [0.5, 0.6) is 0 Å². The van der Waals surface area contributed by atoms with Crippen LogP contribution in [0.2, 0.25) is 0 Å². The van der Waals surface area contributed by atoms with E-state index in [0.717, 1.165) is 6.42 Å². The predicted octanol–water partition coefficient (Wildman–Crippen LogP) is -0.421. The number of aliphatic hydroxyl groups excluding tert-OH is 4. The number of rotatable bonds is 6. The Balaban J connectivity index is 2.22. The van der Waals surface area contributed by atoms with Crippen LogP contribution < -0.4 is 0 Å². The molecule has 4 N–H and O–H groups in total. The lowest BCUT2D eigenvalue weighted by atomic mass is 9.85. The number of aliphatic hydroxyl groups is 4. The van der Waals surface area contributed by atoms with Crippen LogP contribution in [-0.2, 0) is 23.7 Å². The number of carbonyl (C=O) groups is 1. The first kappa shape index (κ1) is 21.8. The zero-order chi connectivity index (χ0) is 20.1. The molecule has 9 heteroatoms. The molecule has 0 aromatic rings. The summed E-state index contributed by atoms with van der Waals surface area (Å²) in [5.41, 5.74) is 1.01. The smallest absolute Gasteiger partial charge is 0.337 e. The van der Waals surface area contributed by atoms with E-state index in [4.69, 9.17) is 18.9 Å². The molecule has 2 rings (SSSR count). The number of ether oxygens (including phenoxy) is 4. The van der Waals surface area contributed by atoms with Gasteiger partial charge in [-0.3, -0.25) is 0 Å². The van der Waals surface area contributed by atoms with E-state index < -0.39 is 49.6 Å². The molecule has 0 saturated carbocycles. The van der Waals surface area contributed by atoms with Crippen molar-refractivity contribution >= 4 is 5.97 Å². The lowest BCUT2D eigenvalue weighted by Gasteiger charge is -2.42. The van der Waals surface area contributed by atoms with Gasteiger partial charge in [0.25, 0.3) is 0 Å². The summed E-state index contributed by atoms with van der Waals surface area (Å²) in [5.74, 6) is -0.796. The summed E-state index contributed by atoms with van der Waals surface area (Å²) in [6.45, 7) is 3.19. The van der Waals surface area contributed by atoms with E-state index in [1.165, 1.54) is 13.4 Å². The number of allylic oxidation sites excluding steroid dienone is 1. The molecular weight excluding hydrogens is 360 g/mol. The van der Waals surface area contributed by atoms with Gasteiger partial charge in [0.2, 0.25) is 6.29 Å². The second kappa shape index (κ2) is 9.63. The molecule has 0 amide bonds. The maximum absolute atomic E-state index is 12.0. The number of hydrogen-bond acceptors (Lipinski definition) is 9. The molecule has 2 unspecified atom stereocenters. The molecule has 1 fully saturated rings. The zero-order valence-corrected chi connectivity index (χ0v) is 15.6. The van der Waals surface area contributed by atoms with Crippen molar-refractivity contribution in [3.8, 4) is 0 Å². The first-order valence-electron chi connectivity index (χ1n) is 8.95. The highest BCUT2D eigenvalue weighted by atomic mass is 16.8. The largest absolute Gasteiger partial charge is 0.468 e. The van der Waals surface area contributed by atoms with Crippen LogP contribution in [0.1, 0.15) is 26.7 Å². The van der Waals surface area contributed by atoms with Gasteiger partial charge in [-0.25, -0.2) is 4.79 Å². The summed E-state index contributed by atoms with van der Waals surface area (Å²) in [6.07, 6.45) is -3.49. The standard InChI is InChI=1S/C18H28O9/c1-4-6-10-9(5-2)17(25-8-11(10)16(23)24-3)27-18-15(22)14(21)13(20)12(7-19)26-18/h5,8,10,12-15,17-22H,4,6-7H2,1-3H3/b9-5+/t10?,12-,13+,14+,15+,17?,18+/m1/s1. The summed E-state index contributed by atoms with van der Waals surface area (Å²) in [6, 6.07) is 0. The molecule has 0 spiro atoms. The van der Waals surface area contributed by atoms with E-state index >= 15 is 0 Å². The molecule has 1 saturated heterocycles. The Morgan fingerprint density at radius 3 is 2.52 bits per heavy atom. The number of hydrogen-bond donors (Lipinski definition) is 4. The van der Waals surface area contributed by atoms with E-state index in [1.807, 2.05) is 6.92 Å². The van der Waals surface area contributed by atoms with Crippen molar-refractivity contribution < 1.29 is 44.2 Å². The van der Waals surface area contributed by atoms with Gasteiger partial charge in [-0.05, 0) is 13.3 Å². The lowest BCUT2D eigenvalue weighted by Crippen LogP contribution is -2.60. The molecule has 27 heavy (non-hydrogen) atoms. The third-order valence-electron chi connectivity index (χ3n) is 4.81. The van der Waals surface area contributed by atoms with Crippen LogP contribution >= 0.6 is 0 Å². The first-order chi connectivity index (χ1) is 12.9. The highest BCUT2D eigenvalue weighted by molar-refractivity contribution is 5.89. The van der Waals surface area contributed by atoms with Crippen molar-refractivity contribution in [3.63, 3.8) is 0 Å². The topological polar surface area (TPSA) is 135 Å². The molecular formula is C18H28O9. The van der Waals surface area contributed by atoms with E-state index in [-0.39, 0.29) is 5.92 Å². The molecule has 154 valence electrons. The first-order valence-corrected chi connectivity index (χ1v) is 8.95. The lowest BCUT2D eigenvalue weighted by molar-refractivity contribution is -0.327. The summed E-state index contributed by atoms with van der Waals surface area (Å²) in [5, 5.41) is 39.2. The summed E-state index contributed by atoms with van der Waals surface area (Å²) < 4.78 is 21.4. The molecule has 0 aromatic carbocycles. The van der Waals surface area contributed by atoms with Gasteiger partial charge in [0.15, 0.2) is 6.29 Å². The average Bonchev–Trinajstić information content (AvgIpc) is 2.68. The predicted molar refractivity (Wildman–Crippen MR) is 92.0 cm³/mol. The van der Waals surface area contributed by atoms with Gasteiger partial charge in [0.05, 0.1) is 25.6 Å². The van der Waals surface area contributed by atoms with Gasteiger partial charge in [-0.15, -0.1) is 0 Å². The van der Waals surface area contributed by atoms with Crippen LogP contribution in [0.3, 0.4) is 0 Å². The molecule has 0 aliphatic carbocycles. The van der Waals surface area contributed by atoms with Gasteiger partial charge >= 0.3 is 5.97 Å². The molecule has 2 aliphatic rings. The third-order valence-corrected chi connectivity index (χ3v) is 4.81. The van der Waals surface area contributed by atoms with Crippen LogP contribution in [-0.4, -0.2) is 77.1 Å². The Labute approximate surface area is 157 Å². The highest BCUT2D eigenvalue weighted by Gasteiger charge is 2.46. The second-order valence-corrected chi connectivity index (χ2v) is 6.50. The van der Waals surface area contributed by atoms with Crippen LogP contribution in [0.15, 0.2) is 23.5 Å². The van der Waals surface area contributed by atoms with Crippen molar-refractivity contribution in [2.75, 3.05) is 13.7 Å². The fraction of sp³-hybridized carbons (Fsp3) is 0.722. The van der Waals surface area contributed by atoms with Crippen LogP contribution in [0.4, 0.5) is 0 Å². The second-order valence-electron chi connectivity index (χ2n) is 6.50. The van der Waals surface area contributed by atoms with E-state index in [9.17, 15) is 25.2 Å². The summed E-state index contributed by atoms with van der Waals surface area (Å²) in [4.78, 5) is 12.0. The van der Waals surface area contributed by atoms with E-state index in [2.05, 4.69) is 0 Å². The molecule has 0 aromatic heterocycles. The number of methoxy groups -OCH3 is 1. The maximum Gasteiger partial charge on any atom is 0.337 e. The molecule has 2 aliphatic heterocycles. The van der Waals surface area contributed by atoms with Gasteiger partial charge in [-0.2, -0.15) is 0 Å². The Hall–Kier alpha value is -1.49. The van der Waals surface area contributed by atoms with Crippen molar-refractivity contribution in [2.45, 2.75) is 63.7 Å². The van der Waals surface area contributed by atoms with Crippen molar-refractivity contribution in [2.24, 2.45) is 5.92 Å². The minimum absolute atomic E-state index is 0.295. The normalized spacial score (nSPS) is 38.3. The van der Waals surface area contributed by atoms with Gasteiger partial charge in [0.1, 0.15) is 24.4 Å². The summed E-state index contributed by atoms with van der Waals surface area (Å²) >= 11 is 0. The van der Waals surface area contributed by atoms with Crippen molar-refractivity contribution in [1.29, 1.82) is 0 Å². The van der Waals surface area contributed by atoms with Gasteiger partial charge < -0.3 is 39.4 Å². The Kier molecular flexibility index (Phi) is 7.78. The molecule has 9 nitrogen and oxygen atoms in total. The Morgan fingerprint density at radius 2 is 1.96 bits per heavy atom. The maximum atomic E-state index is 12.0.